The van der Waals surface area contributed by atoms with Crippen LogP contribution in [0.25, 0.3) is 0 Å². The molecule has 0 aliphatic carbocycles. The number of amides is 2. The van der Waals surface area contributed by atoms with Crippen molar-refractivity contribution in [2.45, 2.75) is 12.3 Å². The Morgan fingerprint density at radius 2 is 1.93 bits per heavy atom. The Hall–Kier alpha value is -3.88. The second-order valence-corrected chi connectivity index (χ2v) is 6.71. The van der Waals surface area contributed by atoms with Gasteiger partial charge in [-0.25, -0.2) is 0 Å². The van der Waals surface area contributed by atoms with Gasteiger partial charge >= 0.3 is 6.01 Å². The highest BCUT2D eigenvalue weighted by Crippen LogP contribution is 2.32. The Labute approximate surface area is 172 Å². The van der Waals surface area contributed by atoms with Crippen LogP contribution >= 0.6 is 0 Å². The number of methoxy groups -OCH3 is 2. The molecule has 9 nitrogen and oxygen atoms in total. The maximum Gasteiger partial charge on any atom is 0.322 e. The summed E-state index contributed by atoms with van der Waals surface area (Å²) in [5, 5.41) is 10.5. The topological polar surface area (TPSA) is 107 Å². The van der Waals surface area contributed by atoms with Crippen molar-refractivity contribution in [2.24, 2.45) is 0 Å². The summed E-state index contributed by atoms with van der Waals surface area (Å²) in [6, 6.07) is 14.2. The molecule has 154 valence electrons. The van der Waals surface area contributed by atoms with E-state index in [0.717, 1.165) is 5.69 Å². The van der Waals surface area contributed by atoms with E-state index in [-0.39, 0.29) is 24.3 Å². The lowest BCUT2D eigenvalue weighted by atomic mass is 10.1. The Kier molecular flexibility index (Phi) is 5.34. The molecule has 1 aliphatic heterocycles. The molecule has 1 saturated heterocycles. The molecule has 1 fully saturated rings. The first-order valence-electron chi connectivity index (χ1n) is 9.31. The molecule has 0 bridgehead atoms. The summed E-state index contributed by atoms with van der Waals surface area (Å²) in [4.78, 5) is 26.7. The van der Waals surface area contributed by atoms with Crippen LogP contribution in [0.4, 0.5) is 11.7 Å². The number of nitrogens with one attached hydrogen (secondary N) is 1. The van der Waals surface area contributed by atoms with Gasteiger partial charge in [0.05, 0.1) is 25.7 Å². The molecule has 2 amide bonds. The summed E-state index contributed by atoms with van der Waals surface area (Å²) in [6.45, 7) is 0.435. The number of hydrogen-bond donors (Lipinski definition) is 1. The zero-order valence-electron chi connectivity index (χ0n) is 16.5. The van der Waals surface area contributed by atoms with Crippen LogP contribution < -0.4 is 19.7 Å². The number of hydrogen-bond acceptors (Lipinski definition) is 7. The first-order chi connectivity index (χ1) is 14.6. The Morgan fingerprint density at radius 1 is 1.13 bits per heavy atom. The second kappa shape index (κ2) is 8.24. The average molecular weight is 408 g/mol. The van der Waals surface area contributed by atoms with Crippen molar-refractivity contribution in [3.8, 4) is 11.5 Å². The van der Waals surface area contributed by atoms with Crippen LogP contribution in [0.5, 0.6) is 11.5 Å². The molecule has 1 aliphatic rings. The van der Waals surface area contributed by atoms with Gasteiger partial charge in [-0.3, -0.25) is 14.9 Å². The molecule has 1 N–H and O–H groups in total. The summed E-state index contributed by atoms with van der Waals surface area (Å²) < 4.78 is 16.0. The van der Waals surface area contributed by atoms with E-state index in [2.05, 4.69) is 15.5 Å². The van der Waals surface area contributed by atoms with Crippen LogP contribution in [0.15, 0.2) is 52.9 Å². The summed E-state index contributed by atoms with van der Waals surface area (Å²) in [7, 11) is 2.99. The normalized spacial score (nSPS) is 15.9. The maximum absolute atomic E-state index is 12.6. The molecule has 3 aromatic rings. The van der Waals surface area contributed by atoms with Gasteiger partial charge in [-0.2, -0.15) is 0 Å². The molecule has 0 spiro atoms. The third-order valence-corrected chi connectivity index (χ3v) is 4.86. The standard InChI is InChI=1S/C21H20N4O5/c1-28-15-8-9-16(17(11-15)29-2)19(27)22-21-24-23-20(30-21)13-10-18(26)25(12-13)14-6-4-3-5-7-14/h3-9,11,13H,10,12H2,1-2H3,(H,22,24,27). The van der Waals surface area contributed by atoms with Gasteiger partial charge in [0.25, 0.3) is 5.91 Å². The molecule has 2 aromatic carbocycles. The molecular weight excluding hydrogens is 388 g/mol. The SMILES string of the molecule is COc1ccc(C(=O)Nc2nnc(C3CC(=O)N(c4ccccc4)C3)o2)c(OC)c1. The molecule has 0 saturated carbocycles. The van der Waals surface area contributed by atoms with Crippen LogP contribution in [-0.2, 0) is 4.79 Å². The lowest BCUT2D eigenvalue weighted by molar-refractivity contribution is -0.117. The van der Waals surface area contributed by atoms with Gasteiger partial charge < -0.3 is 18.8 Å². The van der Waals surface area contributed by atoms with Crippen molar-refractivity contribution in [2.75, 3.05) is 31.0 Å². The number of ether oxygens (including phenoxy) is 2. The summed E-state index contributed by atoms with van der Waals surface area (Å²) >= 11 is 0. The van der Waals surface area contributed by atoms with E-state index in [9.17, 15) is 9.59 Å². The quantitative estimate of drug-likeness (QED) is 0.668. The molecule has 9 heteroatoms. The molecule has 1 atom stereocenters. The third-order valence-electron chi connectivity index (χ3n) is 4.86. The fourth-order valence-corrected chi connectivity index (χ4v) is 3.33. The van der Waals surface area contributed by atoms with Gasteiger partial charge in [-0.15, -0.1) is 5.10 Å². The second-order valence-electron chi connectivity index (χ2n) is 6.71. The fourth-order valence-electron chi connectivity index (χ4n) is 3.33. The van der Waals surface area contributed by atoms with E-state index in [0.29, 0.717) is 29.5 Å². The van der Waals surface area contributed by atoms with Gasteiger partial charge in [0.15, 0.2) is 0 Å². The highest BCUT2D eigenvalue weighted by atomic mass is 16.5. The minimum Gasteiger partial charge on any atom is -0.497 e. The van der Waals surface area contributed by atoms with E-state index >= 15 is 0 Å². The maximum atomic E-state index is 12.6. The van der Waals surface area contributed by atoms with E-state index in [1.165, 1.54) is 14.2 Å². The predicted octanol–water partition coefficient (Wildman–Crippen LogP) is 2.86. The number of aromatic nitrogens is 2. The molecule has 0 radical (unpaired) electrons. The third kappa shape index (κ3) is 3.82. The summed E-state index contributed by atoms with van der Waals surface area (Å²) in [5.41, 5.74) is 1.12. The Morgan fingerprint density at radius 3 is 2.67 bits per heavy atom. The lowest BCUT2D eigenvalue weighted by Gasteiger charge is -2.15. The zero-order valence-corrected chi connectivity index (χ0v) is 16.5. The van der Waals surface area contributed by atoms with E-state index in [1.807, 2.05) is 30.3 Å². The summed E-state index contributed by atoms with van der Waals surface area (Å²) in [6.07, 6.45) is 0.261. The highest BCUT2D eigenvalue weighted by Gasteiger charge is 2.35. The van der Waals surface area contributed by atoms with E-state index in [1.54, 1.807) is 23.1 Å². The summed E-state index contributed by atoms with van der Waals surface area (Å²) in [5.74, 6) is 0.505. The molecule has 1 unspecified atom stereocenters. The number of anilines is 2. The Bertz CT molecular complexity index is 1070. The number of rotatable bonds is 6. The van der Waals surface area contributed by atoms with Crippen molar-refractivity contribution < 1.29 is 23.5 Å². The molecule has 30 heavy (non-hydrogen) atoms. The van der Waals surface area contributed by atoms with Crippen LogP contribution in [0, 0.1) is 0 Å². The molecular formula is C21H20N4O5. The van der Waals surface area contributed by atoms with Crippen LogP contribution in [0.1, 0.15) is 28.6 Å². The first-order valence-corrected chi connectivity index (χ1v) is 9.31. The van der Waals surface area contributed by atoms with Crippen molar-refractivity contribution in [3.05, 3.63) is 60.0 Å². The fraction of sp³-hybridized carbons (Fsp3) is 0.238. The van der Waals surface area contributed by atoms with Gasteiger partial charge in [0, 0.05) is 24.7 Å². The van der Waals surface area contributed by atoms with Crippen LogP contribution in [0.3, 0.4) is 0 Å². The smallest absolute Gasteiger partial charge is 0.322 e. The average Bonchev–Trinajstić information content (AvgIpc) is 3.40. The van der Waals surface area contributed by atoms with Gasteiger partial charge in [0.1, 0.15) is 11.5 Å². The number of nitrogens with zero attached hydrogens (tertiary/aromatic N) is 3. The highest BCUT2D eigenvalue weighted by molar-refractivity contribution is 6.05. The van der Waals surface area contributed by atoms with Gasteiger partial charge in [0.2, 0.25) is 11.8 Å². The molecule has 1 aromatic heterocycles. The minimum absolute atomic E-state index is 0.0158. The van der Waals surface area contributed by atoms with Crippen LogP contribution in [-0.4, -0.2) is 42.8 Å². The number of carbonyl (C=O) groups excluding carboxylic acids is 2. The van der Waals surface area contributed by atoms with E-state index in [4.69, 9.17) is 13.9 Å². The zero-order chi connectivity index (χ0) is 21.1. The van der Waals surface area contributed by atoms with Crippen molar-refractivity contribution in [1.82, 2.24) is 10.2 Å². The minimum atomic E-state index is -0.460. The molecule has 2 heterocycles. The van der Waals surface area contributed by atoms with E-state index < -0.39 is 5.91 Å². The monoisotopic (exact) mass is 408 g/mol. The lowest BCUT2D eigenvalue weighted by Crippen LogP contribution is -2.24. The first kappa shape index (κ1) is 19.4. The van der Waals surface area contributed by atoms with Crippen molar-refractivity contribution in [3.63, 3.8) is 0 Å². The Balaban J connectivity index is 1.46. The van der Waals surface area contributed by atoms with Crippen molar-refractivity contribution in [1.29, 1.82) is 0 Å². The number of benzene rings is 2. The largest absolute Gasteiger partial charge is 0.497 e. The predicted molar refractivity (Wildman–Crippen MR) is 108 cm³/mol. The van der Waals surface area contributed by atoms with Gasteiger partial charge in [-0.05, 0) is 24.3 Å². The molecule has 4 rings (SSSR count). The van der Waals surface area contributed by atoms with Crippen molar-refractivity contribution >= 4 is 23.5 Å². The number of carbonyl (C=O) groups is 2. The van der Waals surface area contributed by atoms with Crippen LogP contribution in [0.2, 0.25) is 0 Å². The number of para-hydroxylation sites is 1. The van der Waals surface area contributed by atoms with Gasteiger partial charge in [-0.1, -0.05) is 23.3 Å².